The van der Waals surface area contributed by atoms with E-state index in [0.29, 0.717) is 30.4 Å². The van der Waals surface area contributed by atoms with Crippen molar-refractivity contribution in [3.63, 3.8) is 0 Å². The van der Waals surface area contributed by atoms with E-state index in [1.165, 1.54) is 135 Å². The van der Waals surface area contributed by atoms with Crippen LogP contribution in [0.2, 0.25) is 0 Å². The number of carbonyl (C=O) groups excluding carboxylic acids is 1. The van der Waals surface area contributed by atoms with Crippen molar-refractivity contribution >= 4 is 17.3 Å². The van der Waals surface area contributed by atoms with Crippen molar-refractivity contribution in [2.24, 2.45) is 0 Å². The third-order valence-electron chi connectivity index (χ3n) is 12.0. The van der Waals surface area contributed by atoms with Crippen LogP contribution in [-0.2, 0) is 19.0 Å². The van der Waals surface area contributed by atoms with Gasteiger partial charge in [0.1, 0.15) is 23.6 Å². The summed E-state index contributed by atoms with van der Waals surface area (Å²) in [6.45, 7) is 12.5. The summed E-state index contributed by atoms with van der Waals surface area (Å²) in [5, 5.41) is 6.05. The van der Waals surface area contributed by atoms with E-state index < -0.39 is 10.9 Å². The number of hydrogen-bond acceptors (Lipinski definition) is 9. The van der Waals surface area contributed by atoms with Gasteiger partial charge in [-0.05, 0) is 83.8 Å². The molecule has 1 saturated heterocycles. The fourth-order valence-corrected chi connectivity index (χ4v) is 8.10. The Morgan fingerprint density at radius 3 is 1.67 bits per heavy atom. The van der Waals surface area contributed by atoms with Gasteiger partial charge >= 0.3 is 5.97 Å². The third-order valence-corrected chi connectivity index (χ3v) is 12.0. The van der Waals surface area contributed by atoms with Crippen LogP contribution in [0.1, 0.15) is 220 Å². The molecule has 9 nitrogen and oxygen atoms in total. The van der Waals surface area contributed by atoms with Gasteiger partial charge in [-0.15, -0.1) is 0 Å². The average molecular weight is 804 g/mol. The van der Waals surface area contributed by atoms with Crippen molar-refractivity contribution in [2.75, 3.05) is 43.9 Å². The van der Waals surface area contributed by atoms with Crippen molar-refractivity contribution < 1.29 is 19.0 Å². The normalized spacial score (nSPS) is 15.4. The van der Waals surface area contributed by atoms with Crippen LogP contribution in [0.3, 0.4) is 0 Å². The van der Waals surface area contributed by atoms with E-state index in [2.05, 4.69) is 43.2 Å². The van der Waals surface area contributed by atoms with Gasteiger partial charge in [0.25, 0.3) is 10.9 Å². The van der Waals surface area contributed by atoms with Gasteiger partial charge in [0.15, 0.2) is 6.29 Å². The van der Waals surface area contributed by atoms with Crippen LogP contribution < -0.4 is 21.5 Å². The lowest BCUT2D eigenvalue weighted by Crippen LogP contribution is -2.37. The van der Waals surface area contributed by atoms with Crippen LogP contribution in [0.4, 0.5) is 11.4 Å². The zero-order chi connectivity index (χ0) is 41.4. The number of nitrogens with zero attached hydrogens (tertiary/aromatic N) is 1. The Morgan fingerprint density at radius 2 is 1.11 bits per heavy atom. The largest absolute Gasteiger partial charge is 0.462 e. The fourth-order valence-electron chi connectivity index (χ4n) is 8.10. The first-order valence-electron chi connectivity index (χ1n) is 24.4. The van der Waals surface area contributed by atoms with Crippen molar-refractivity contribution in [1.29, 1.82) is 0 Å². The molecule has 1 aliphatic heterocycles. The van der Waals surface area contributed by atoms with Gasteiger partial charge in [0, 0.05) is 20.0 Å². The molecule has 0 bridgehead atoms. The molecule has 0 aliphatic carbocycles. The Labute approximate surface area is 349 Å². The van der Waals surface area contributed by atoms with Gasteiger partial charge in [-0.1, -0.05) is 150 Å². The molecule has 57 heavy (non-hydrogen) atoms. The summed E-state index contributed by atoms with van der Waals surface area (Å²) in [5.74, 6) is -0.0411. The summed E-state index contributed by atoms with van der Waals surface area (Å²) in [5.41, 5.74) is 0.00451. The molecule has 0 aromatic heterocycles. The topological polar surface area (TPSA) is 110 Å². The molecule has 1 fully saturated rings. The number of unbranched alkanes of at least 4 members (excludes halogenated alkanes) is 19. The number of ether oxygens (including phenoxy) is 3. The van der Waals surface area contributed by atoms with E-state index >= 15 is 0 Å². The van der Waals surface area contributed by atoms with Gasteiger partial charge < -0.3 is 29.7 Å². The maximum absolute atomic E-state index is 12.1. The number of carbonyl (C=O) groups is 1. The van der Waals surface area contributed by atoms with E-state index in [1.807, 2.05) is 0 Å². The van der Waals surface area contributed by atoms with Crippen LogP contribution in [0.25, 0.3) is 0 Å². The van der Waals surface area contributed by atoms with Crippen molar-refractivity contribution in [3.8, 4) is 0 Å². The molecular weight excluding hydrogens is 715 g/mol. The highest BCUT2D eigenvalue weighted by Crippen LogP contribution is 2.32. The van der Waals surface area contributed by atoms with Crippen molar-refractivity contribution in [3.05, 3.63) is 20.4 Å². The Balaban J connectivity index is 1.70. The standard InChI is InChI=1S/C48H89N3O6/c1-6-10-12-14-17-21-25-32-41(33-26-22-18-15-13-11-7-2)56-48-42(57-48)34-28-30-38-51(39-31-36-50-45-44(49-5)46(53)47(45)54)37-29-24-20-16-19-23-27-35-43(52)55-40(8-3)9-4/h40-42,48-50H,6-39H2,1-5H3. The van der Waals surface area contributed by atoms with Crippen LogP contribution in [0.15, 0.2) is 9.59 Å². The minimum Gasteiger partial charge on any atom is -0.462 e. The van der Waals surface area contributed by atoms with E-state index in [1.54, 1.807) is 7.05 Å². The second-order valence-electron chi connectivity index (χ2n) is 17.1. The minimum absolute atomic E-state index is 0.00696. The monoisotopic (exact) mass is 804 g/mol. The van der Waals surface area contributed by atoms with Crippen molar-refractivity contribution in [2.45, 2.75) is 245 Å². The molecule has 0 spiro atoms. The van der Waals surface area contributed by atoms with Gasteiger partial charge in [-0.25, -0.2) is 0 Å². The molecule has 2 atom stereocenters. The molecule has 0 amide bonds. The molecule has 1 aromatic rings. The van der Waals surface area contributed by atoms with E-state index in [4.69, 9.17) is 14.2 Å². The van der Waals surface area contributed by atoms with Gasteiger partial charge in [-0.2, -0.15) is 0 Å². The molecule has 0 radical (unpaired) electrons. The fraction of sp³-hybridized carbons (Fsp3) is 0.896. The second-order valence-corrected chi connectivity index (χ2v) is 17.1. The first-order valence-corrected chi connectivity index (χ1v) is 24.4. The third kappa shape index (κ3) is 24.0. The summed E-state index contributed by atoms with van der Waals surface area (Å²) >= 11 is 0. The SMILES string of the molecule is CCCCCCCCCC(CCCCCCCCC)OC1OC1CCCCN(CCCCCCCCCC(=O)OC(CC)CC)CCCNc1c(NC)c(=O)c1=O. The number of nitrogens with one attached hydrogen (secondary N) is 2. The molecule has 1 heterocycles. The predicted molar refractivity (Wildman–Crippen MR) is 240 cm³/mol. The Kier molecular flexibility index (Phi) is 30.4. The zero-order valence-corrected chi connectivity index (χ0v) is 37.7. The molecule has 2 rings (SSSR count). The highest BCUT2D eigenvalue weighted by Gasteiger charge is 2.40. The van der Waals surface area contributed by atoms with E-state index in [-0.39, 0.29) is 24.5 Å². The van der Waals surface area contributed by atoms with Gasteiger partial charge in [0.2, 0.25) is 0 Å². The van der Waals surface area contributed by atoms with E-state index in [9.17, 15) is 14.4 Å². The summed E-state index contributed by atoms with van der Waals surface area (Å²) in [4.78, 5) is 38.4. The molecule has 2 N–H and O–H groups in total. The maximum atomic E-state index is 12.1. The molecule has 9 heteroatoms. The summed E-state index contributed by atoms with van der Waals surface area (Å²) in [6.07, 6.45) is 36.4. The average Bonchev–Trinajstić information content (AvgIpc) is 3.97. The van der Waals surface area contributed by atoms with E-state index in [0.717, 1.165) is 71.0 Å². The Morgan fingerprint density at radius 1 is 0.614 bits per heavy atom. The number of rotatable bonds is 42. The first-order chi connectivity index (χ1) is 27.9. The minimum atomic E-state index is -0.426. The maximum Gasteiger partial charge on any atom is 0.306 e. The lowest BCUT2D eigenvalue weighted by atomic mass is 10.0. The lowest BCUT2D eigenvalue weighted by molar-refractivity contribution is -0.149. The molecule has 1 aromatic carbocycles. The first kappa shape index (κ1) is 51.2. The Bertz CT molecular complexity index is 1160. The smallest absolute Gasteiger partial charge is 0.306 e. The highest BCUT2D eigenvalue weighted by atomic mass is 16.8. The zero-order valence-electron chi connectivity index (χ0n) is 37.7. The highest BCUT2D eigenvalue weighted by molar-refractivity contribution is 5.73. The lowest BCUT2D eigenvalue weighted by Gasteiger charge is -2.23. The predicted octanol–water partition coefficient (Wildman–Crippen LogP) is 11.8. The molecule has 332 valence electrons. The van der Waals surface area contributed by atoms with Crippen LogP contribution in [0.5, 0.6) is 0 Å². The Hall–Kier alpha value is -1.97. The van der Waals surface area contributed by atoms with Crippen LogP contribution in [-0.4, -0.2) is 68.7 Å². The molecular formula is C48H89N3O6. The van der Waals surface area contributed by atoms with Crippen molar-refractivity contribution in [1.82, 2.24) is 4.90 Å². The summed E-state index contributed by atoms with van der Waals surface area (Å²) < 4.78 is 18.2. The number of epoxide rings is 1. The summed E-state index contributed by atoms with van der Waals surface area (Å²) in [7, 11) is 1.68. The van der Waals surface area contributed by atoms with Crippen LogP contribution in [0, 0.1) is 0 Å². The van der Waals surface area contributed by atoms with Gasteiger partial charge in [0.05, 0.1) is 6.10 Å². The molecule has 0 saturated carbocycles. The second kappa shape index (κ2) is 33.8. The quantitative estimate of drug-likeness (QED) is 0.0289. The molecule has 2 unspecified atom stereocenters. The number of anilines is 2. The van der Waals surface area contributed by atoms with Crippen LogP contribution >= 0.6 is 0 Å². The molecule has 1 aliphatic rings. The van der Waals surface area contributed by atoms with Gasteiger partial charge in [-0.3, -0.25) is 14.4 Å². The number of hydrogen-bond donors (Lipinski definition) is 2. The summed E-state index contributed by atoms with van der Waals surface area (Å²) in [6, 6.07) is 0. The number of esters is 1.